The van der Waals surface area contributed by atoms with E-state index in [9.17, 15) is 24.0 Å². The quantitative estimate of drug-likeness (QED) is 0.155. The molecule has 4 aliphatic rings. The Morgan fingerprint density at radius 3 is 2.00 bits per heavy atom. The minimum atomic E-state index is -0.888. The number of aromatic nitrogens is 2. The van der Waals surface area contributed by atoms with Crippen LogP contribution in [-0.4, -0.2) is 66.9 Å². The molecule has 51 heavy (non-hydrogen) atoms. The Labute approximate surface area is 295 Å². The SMILES string of the molecule is COC(=O)c1cc(NC(=O)C(CNC(=O)c2cc3nc[nH]c3cc2C(=O)NCC23CC4CC(CC(C4)C2)C3)c2ccccc2)cc(C(=O)OC)c1. The number of H-pyrrole nitrogens is 1. The molecular formula is C39H41N5O7. The largest absolute Gasteiger partial charge is 0.465 e. The number of aromatic amines is 1. The predicted octanol–water partition coefficient (Wildman–Crippen LogP) is 5.23. The van der Waals surface area contributed by atoms with E-state index in [0.717, 1.165) is 37.0 Å². The van der Waals surface area contributed by atoms with Crippen LogP contribution in [0.15, 0.2) is 67.0 Å². The number of hydrogen-bond donors (Lipinski definition) is 4. The number of nitrogens with one attached hydrogen (secondary N) is 4. The topological polar surface area (TPSA) is 169 Å². The second kappa shape index (κ2) is 14.0. The van der Waals surface area contributed by atoms with Gasteiger partial charge in [0.05, 0.1) is 59.8 Å². The van der Waals surface area contributed by atoms with E-state index in [1.54, 1.807) is 36.4 Å². The molecule has 4 fully saturated rings. The molecule has 4 aliphatic carbocycles. The lowest BCUT2D eigenvalue weighted by Crippen LogP contribution is -2.51. The molecule has 3 amide bonds. The molecule has 0 saturated heterocycles. The van der Waals surface area contributed by atoms with Crippen LogP contribution in [-0.2, 0) is 14.3 Å². The van der Waals surface area contributed by atoms with E-state index in [-0.39, 0.29) is 45.8 Å². The third-order valence-corrected chi connectivity index (χ3v) is 10.9. The number of rotatable bonds is 11. The maximum Gasteiger partial charge on any atom is 0.337 e. The van der Waals surface area contributed by atoms with Crippen molar-refractivity contribution in [3.05, 3.63) is 94.8 Å². The maximum atomic E-state index is 13.9. The van der Waals surface area contributed by atoms with Gasteiger partial charge in [-0.3, -0.25) is 14.4 Å². The lowest BCUT2D eigenvalue weighted by Gasteiger charge is -2.56. The fourth-order valence-electron chi connectivity index (χ4n) is 8.97. The highest BCUT2D eigenvalue weighted by Gasteiger charge is 2.50. The zero-order valence-corrected chi connectivity index (χ0v) is 28.6. The first-order chi connectivity index (χ1) is 24.6. The molecule has 12 nitrogen and oxygen atoms in total. The molecule has 0 spiro atoms. The van der Waals surface area contributed by atoms with Crippen molar-refractivity contribution in [1.29, 1.82) is 0 Å². The number of benzene rings is 3. The first-order valence-electron chi connectivity index (χ1n) is 17.3. The van der Waals surface area contributed by atoms with Gasteiger partial charge in [-0.25, -0.2) is 14.6 Å². The molecule has 1 unspecified atom stereocenters. The van der Waals surface area contributed by atoms with Crippen LogP contribution in [0.3, 0.4) is 0 Å². The molecule has 264 valence electrons. The lowest BCUT2D eigenvalue weighted by molar-refractivity contribution is -0.117. The fraction of sp³-hybridized carbons (Fsp3) is 0.385. The van der Waals surface area contributed by atoms with Crippen LogP contribution in [0.25, 0.3) is 11.0 Å². The second-order valence-electron chi connectivity index (χ2n) is 14.4. The molecule has 0 radical (unpaired) electrons. The number of hydrogen-bond acceptors (Lipinski definition) is 8. The summed E-state index contributed by atoms with van der Waals surface area (Å²) in [4.78, 5) is 73.6. The number of imidazole rings is 1. The summed E-state index contributed by atoms with van der Waals surface area (Å²) < 4.78 is 9.64. The van der Waals surface area contributed by atoms with Crippen LogP contribution in [0.4, 0.5) is 5.69 Å². The Morgan fingerprint density at radius 1 is 0.804 bits per heavy atom. The minimum absolute atomic E-state index is 0.0445. The normalized spacial score (nSPS) is 22.2. The van der Waals surface area contributed by atoms with E-state index >= 15 is 0 Å². The van der Waals surface area contributed by atoms with E-state index in [1.165, 1.54) is 58.0 Å². The fourth-order valence-corrected chi connectivity index (χ4v) is 8.97. The van der Waals surface area contributed by atoms with E-state index in [2.05, 4.69) is 25.9 Å². The molecule has 1 heterocycles. The minimum Gasteiger partial charge on any atom is -0.465 e. The summed E-state index contributed by atoms with van der Waals surface area (Å²) in [6.45, 7) is 0.463. The highest BCUT2D eigenvalue weighted by molar-refractivity contribution is 6.10. The third kappa shape index (κ3) is 7.08. The molecule has 8 rings (SSSR count). The van der Waals surface area contributed by atoms with Gasteiger partial charge < -0.3 is 30.4 Å². The van der Waals surface area contributed by atoms with Crippen LogP contribution in [0.5, 0.6) is 0 Å². The van der Waals surface area contributed by atoms with Crippen molar-refractivity contribution < 1.29 is 33.4 Å². The summed E-state index contributed by atoms with van der Waals surface area (Å²) in [6, 6.07) is 16.2. The predicted molar refractivity (Wildman–Crippen MR) is 188 cm³/mol. The molecule has 1 aromatic heterocycles. The molecule has 4 aromatic rings. The number of methoxy groups -OCH3 is 2. The molecule has 4 bridgehead atoms. The molecule has 4 saturated carbocycles. The van der Waals surface area contributed by atoms with Crippen molar-refractivity contribution in [1.82, 2.24) is 20.6 Å². The summed E-state index contributed by atoms with van der Waals surface area (Å²) in [6.07, 6.45) is 8.88. The number of carbonyl (C=O) groups excluding carboxylic acids is 5. The van der Waals surface area contributed by atoms with Gasteiger partial charge in [-0.1, -0.05) is 30.3 Å². The average Bonchev–Trinajstić information content (AvgIpc) is 3.60. The Kier molecular flexibility index (Phi) is 9.33. The number of anilines is 1. The van der Waals surface area contributed by atoms with Crippen molar-refractivity contribution in [2.24, 2.45) is 23.2 Å². The standard InChI is InChI=1S/C39H41N5O7/c1-50-37(48)26-11-27(38(49)51-2)13-28(12-26)44-36(47)31(25-6-4-3-5-7-25)19-40-34(45)29-14-32-33(43-21-42-32)15-30(29)35(46)41-20-39-16-22-8-23(17-39)10-24(9-22)18-39/h3-7,11-15,21-24,31H,8-10,16-20H2,1-2H3,(H,40,45)(H,41,46)(H,42,43)(H,44,47). The van der Waals surface area contributed by atoms with Gasteiger partial charge in [-0.15, -0.1) is 0 Å². The number of nitrogens with zero attached hydrogens (tertiary/aromatic N) is 1. The van der Waals surface area contributed by atoms with Gasteiger partial charge in [0.2, 0.25) is 5.91 Å². The summed E-state index contributed by atoms with van der Waals surface area (Å²) in [5, 5.41) is 8.85. The Hall–Kier alpha value is -5.52. The zero-order chi connectivity index (χ0) is 35.7. The van der Waals surface area contributed by atoms with Crippen molar-refractivity contribution in [3.63, 3.8) is 0 Å². The van der Waals surface area contributed by atoms with Crippen molar-refractivity contribution in [2.75, 3.05) is 32.6 Å². The smallest absolute Gasteiger partial charge is 0.337 e. The van der Waals surface area contributed by atoms with Gasteiger partial charge in [0.1, 0.15) is 0 Å². The molecule has 1 atom stereocenters. The van der Waals surface area contributed by atoms with E-state index in [0.29, 0.717) is 23.1 Å². The highest BCUT2D eigenvalue weighted by Crippen LogP contribution is 2.59. The molecule has 0 aliphatic heterocycles. The summed E-state index contributed by atoms with van der Waals surface area (Å²) in [5.41, 5.74) is 2.53. The van der Waals surface area contributed by atoms with Crippen LogP contribution in [0.1, 0.15) is 91.4 Å². The van der Waals surface area contributed by atoms with E-state index in [4.69, 9.17) is 9.47 Å². The summed E-state index contributed by atoms with van der Waals surface area (Å²) in [5.74, 6) is -1.40. The highest BCUT2D eigenvalue weighted by atomic mass is 16.5. The number of esters is 2. The molecular weight excluding hydrogens is 650 g/mol. The van der Waals surface area contributed by atoms with Crippen LogP contribution >= 0.6 is 0 Å². The van der Waals surface area contributed by atoms with Gasteiger partial charge in [0.25, 0.3) is 11.8 Å². The second-order valence-corrected chi connectivity index (χ2v) is 14.4. The molecule has 12 heteroatoms. The van der Waals surface area contributed by atoms with Crippen molar-refractivity contribution in [2.45, 2.75) is 44.4 Å². The van der Waals surface area contributed by atoms with Gasteiger partial charge in [-0.2, -0.15) is 0 Å². The van der Waals surface area contributed by atoms with E-state index < -0.39 is 29.7 Å². The number of carbonyl (C=O) groups is 5. The van der Waals surface area contributed by atoms with Gasteiger partial charge >= 0.3 is 11.9 Å². The Morgan fingerprint density at radius 2 is 1.39 bits per heavy atom. The van der Waals surface area contributed by atoms with Crippen molar-refractivity contribution >= 4 is 46.4 Å². The van der Waals surface area contributed by atoms with Crippen LogP contribution in [0.2, 0.25) is 0 Å². The van der Waals surface area contributed by atoms with Gasteiger partial charge in [0, 0.05) is 18.8 Å². The van der Waals surface area contributed by atoms with E-state index in [1.807, 2.05) is 6.07 Å². The van der Waals surface area contributed by atoms with Gasteiger partial charge in [0.15, 0.2) is 0 Å². The first kappa shape index (κ1) is 34.0. The van der Waals surface area contributed by atoms with Crippen LogP contribution < -0.4 is 16.0 Å². The van der Waals surface area contributed by atoms with Crippen molar-refractivity contribution in [3.8, 4) is 0 Å². The van der Waals surface area contributed by atoms with Crippen LogP contribution in [0, 0.1) is 23.2 Å². The number of amides is 3. The maximum absolute atomic E-state index is 13.9. The molecule has 3 aromatic carbocycles. The zero-order valence-electron chi connectivity index (χ0n) is 28.6. The first-order valence-corrected chi connectivity index (χ1v) is 17.3. The number of ether oxygens (including phenoxy) is 2. The molecule has 4 N–H and O–H groups in total. The average molecular weight is 692 g/mol. The third-order valence-electron chi connectivity index (χ3n) is 10.9. The Balaban J connectivity index is 1.11. The summed E-state index contributed by atoms with van der Waals surface area (Å²) in [7, 11) is 2.42. The monoisotopic (exact) mass is 691 g/mol. The summed E-state index contributed by atoms with van der Waals surface area (Å²) >= 11 is 0. The Bertz CT molecular complexity index is 1940. The van der Waals surface area contributed by atoms with Gasteiger partial charge in [-0.05, 0) is 97.6 Å². The number of fused-ring (bicyclic) bond motifs is 1. The lowest BCUT2D eigenvalue weighted by atomic mass is 9.49.